The van der Waals surface area contributed by atoms with Gasteiger partial charge in [0.15, 0.2) is 0 Å². The van der Waals surface area contributed by atoms with E-state index in [1.54, 1.807) is 0 Å². The molecule has 3 aliphatic heterocycles. The molecule has 1 amide bonds. The van der Waals surface area contributed by atoms with Crippen molar-refractivity contribution >= 4 is 5.91 Å². The SMILES string of the molecule is CN1CCN(CC2CC3(CCN(C(=O)C45CC6CC(CC(C6)C4)C5)CC3)O2)CC1. The third kappa shape index (κ3) is 3.36. The van der Waals surface area contributed by atoms with Crippen LogP contribution in [0.1, 0.15) is 57.8 Å². The van der Waals surface area contributed by atoms with Crippen LogP contribution in [-0.2, 0) is 9.53 Å². The Morgan fingerprint density at radius 3 is 1.97 bits per heavy atom. The maximum atomic E-state index is 13.6. The maximum Gasteiger partial charge on any atom is 0.228 e. The summed E-state index contributed by atoms with van der Waals surface area (Å²) in [6.07, 6.45) is 11.6. The van der Waals surface area contributed by atoms with Gasteiger partial charge in [-0.05, 0) is 76.2 Å². The molecule has 29 heavy (non-hydrogen) atoms. The second kappa shape index (κ2) is 6.93. The molecule has 5 heteroatoms. The van der Waals surface area contributed by atoms with Gasteiger partial charge in [0, 0.05) is 52.2 Å². The van der Waals surface area contributed by atoms with E-state index in [0.29, 0.717) is 12.0 Å². The van der Waals surface area contributed by atoms with Gasteiger partial charge in [0.2, 0.25) is 5.91 Å². The van der Waals surface area contributed by atoms with E-state index < -0.39 is 0 Å². The number of hydrogen-bond donors (Lipinski definition) is 0. The number of carbonyl (C=O) groups is 1. The van der Waals surface area contributed by atoms with Crippen LogP contribution >= 0.6 is 0 Å². The minimum absolute atomic E-state index is 0.0314. The first-order valence-corrected chi connectivity index (χ1v) is 12.4. The molecule has 5 nitrogen and oxygen atoms in total. The van der Waals surface area contributed by atoms with Crippen LogP contribution in [0.25, 0.3) is 0 Å². The number of piperidine rings is 1. The van der Waals surface area contributed by atoms with Crippen LogP contribution in [0.15, 0.2) is 0 Å². The highest BCUT2D eigenvalue weighted by molar-refractivity contribution is 5.83. The van der Waals surface area contributed by atoms with Gasteiger partial charge in [-0.3, -0.25) is 9.69 Å². The number of likely N-dealkylation sites (N-methyl/N-ethyl adjacent to an activating group) is 1. The van der Waals surface area contributed by atoms with Crippen LogP contribution in [0.2, 0.25) is 0 Å². The Morgan fingerprint density at radius 1 is 0.862 bits per heavy atom. The van der Waals surface area contributed by atoms with Crippen LogP contribution in [0, 0.1) is 23.2 Å². The summed E-state index contributed by atoms with van der Waals surface area (Å²) in [6.45, 7) is 7.68. The highest BCUT2D eigenvalue weighted by atomic mass is 16.5. The molecule has 1 spiro atoms. The third-order valence-corrected chi connectivity index (χ3v) is 9.53. The number of carbonyl (C=O) groups excluding carboxylic acids is 1. The standard InChI is InChI=1S/C24H39N3O2/c1-25-6-8-26(9-7-25)17-21-16-24(29-21)2-4-27(5-3-24)22(28)23-13-18-10-19(14-23)12-20(11-18)15-23/h18-21H,2-17H2,1H3. The van der Waals surface area contributed by atoms with Gasteiger partial charge in [-0.2, -0.15) is 0 Å². The van der Waals surface area contributed by atoms with Crippen molar-refractivity contribution in [3.8, 4) is 0 Å². The van der Waals surface area contributed by atoms with Crippen molar-refractivity contribution in [2.75, 3.05) is 52.9 Å². The van der Waals surface area contributed by atoms with Crippen LogP contribution in [0.4, 0.5) is 0 Å². The van der Waals surface area contributed by atoms with Gasteiger partial charge in [-0.25, -0.2) is 0 Å². The molecule has 3 heterocycles. The van der Waals surface area contributed by atoms with E-state index in [1.807, 2.05) is 0 Å². The average molecular weight is 402 g/mol. The number of nitrogens with zero attached hydrogens (tertiary/aromatic N) is 3. The third-order valence-electron chi connectivity index (χ3n) is 9.53. The summed E-state index contributed by atoms with van der Waals surface area (Å²) in [5, 5.41) is 0. The van der Waals surface area contributed by atoms with E-state index >= 15 is 0 Å². The smallest absolute Gasteiger partial charge is 0.228 e. The topological polar surface area (TPSA) is 36.0 Å². The fourth-order valence-corrected chi connectivity index (χ4v) is 8.33. The van der Waals surface area contributed by atoms with Crippen molar-refractivity contribution in [2.24, 2.45) is 23.2 Å². The molecule has 0 aromatic heterocycles. The molecule has 4 aliphatic carbocycles. The number of rotatable bonds is 3. The molecule has 4 saturated carbocycles. The molecule has 1 unspecified atom stereocenters. The minimum atomic E-state index is 0.0314. The summed E-state index contributed by atoms with van der Waals surface area (Å²) in [6, 6.07) is 0. The molecule has 162 valence electrons. The Kier molecular flexibility index (Phi) is 4.56. The van der Waals surface area contributed by atoms with Crippen molar-refractivity contribution in [3.05, 3.63) is 0 Å². The van der Waals surface area contributed by atoms with Crippen molar-refractivity contribution in [1.82, 2.24) is 14.7 Å². The molecule has 4 bridgehead atoms. The summed E-state index contributed by atoms with van der Waals surface area (Å²) in [7, 11) is 2.21. The van der Waals surface area contributed by atoms with E-state index in [4.69, 9.17) is 4.74 Å². The lowest BCUT2D eigenvalue weighted by Gasteiger charge is -2.58. The molecule has 0 radical (unpaired) electrons. The maximum absolute atomic E-state index is 13.6. The summed E-state index contributed by atoms with van der Waals surface area (Å²) >= 11 is 0. The number of piperazine rings is 1. The monoisotopic (exact) mass is 401 g/mol. The highest BCUT2D eigenvalue weighted by Gasteiger charge is 2.56. The van der Waals surface area contributed by atoms with E-state index in [1.165, 1.54) is 71.1 Å². The van der Waals surface area contributed by atoms with E-state index in [-0.39, 0.29) is 11.0 Å². The second-order valence-corrected chi connectivity index (χ2v) is 11.7. The second-order valence-electron chi connectivity index (χ2n) is 11.7. The van der Waals surface area contributed by atoms with Gasteiger partial charge < -0.3 is 14.5 Å². The zero-order valence-corrected chi connectivity index (χ0v) is 18.3. The van der Waals surface area contributed by atoms with Crippen molar-refractivity contribution in [2.45, 2.75) is 69.5 Å². The Balaban J connectivity index is 1.01. The zero-order chi connectivity index (χ0) is 19.6. The molecular weight excluding hydrogens is 362 g/mol. The summed E-state index contributed by atoms with van der Waals surface area (Å²) < 4.78 is 6.48. The largest absolute Gasteiger partial charge is 0.370 e. The predicted molar refractivity (Wildman–Crippen MR) is 113 cm³/mol. The number of amides is 1. The van der Waals surface area contributed by atoms with Gasteiger partial charge in [0.1, 0.15) is 0 Å². The fourth-order valence-electron chi connectivity index (χ4n) is 8.33. The van der Waals surface area contributed by atoms with Gasteiger partial charge in [-0.15, -0.1) is 0 Å². The number of ether oxygens (including phenoxy) is 1. The van der Waals surface area contributed by atoms with E-state index in [0.717, 1.165) is 50.2 Å². The fraction of sp³-hybridized carbons (Fsp3) is 0.958. The highest BCUT2D eigenvalue weighted by Crippen LogP contribution is 2.60. The molecular formula is C24H39N3O2. The Labute approximate surface area is 176 Å². The van der Waals surface area contributed by atoms with E-state index in [2.05, 4.69) is 21.7 Å². The normalized spacial score (nSPS) is 44.2. The molecule has 3 saturated heterocycles. The van der Waals surface area contributed by atoms with Gasteiger partial charge in [0.25, 0.3) is 0 Å². The number of likely N-dealkylation sites (tertiary alicyclic amines) is 1. The molecule has 7 fully saturated rings. The Hall–Kier alpha value is -0.650. The lowest BCUT2D eigenvalue weighted by atomic mass is 9.49. The van der Waals surface area contributed by atoms with Crippen LogP contribution < -0.4 is 0 Å². The first-order chi connectivity index (χ1) is 14.0. The lowest BCUT2D eigenvalue weighted by Crippen LogP contribution is -2.62. The van der Waals surface area contributed by atoms with Crippen LogP contribution in [0.5, 0.6) is 0 Å². The molecule has 1 atom stereocenters. The summed E-state index contributed by atoms with van der Waals surface area (Å²) in [5.41, 5.74) is 0.124. The van der Waals surface area contributed by atoms with Crippen molar-refractivity contribution in [1.29, 1.82) is 0 Å². The number of hydrogen-bond acceptors (Lipinski definition) is 4. The van der Waals surface area contributed by atoms with Gasteiger partial charge >= 0.3 is 0 Å². The van der Waals surface area contributed by atoms with Crippen LogP contribution in [0.3, 0.4) is 0 Å². The van der Waals surface area contributed by atoms with E-state index in [9.17, 15) is 4.79 Å². The minimum Gasteiger partial charge on any atom is -0.370 e. The van der Waals surface area contributed by atoms with Crippen molar-refractivity contribution < 1.29 is 9.53 Å². The summed E-state index contributed by atoms with van der Waals surface area (Å²) in [5.74, 6) is 3.09. The zero-order valence-electron chi connectivity index (χ0n) is 18.3. The first kappa shape index (κ1) is 19.1. The predicted octanol–water partition coefficient (Wildman–Crippen LogP) is 2.60. The lowest BCUT2D eigenvalue weighted by molar-refractivity contribution is -0.231. The summed E-state index contributed by atoms with van der Waals surface area (Å²) in [4.78, 5) is 20.8. The molecule has 7 aliphatic rings. The quantitative estimate of drug-likeness (QED) is 0.728. The first-order valence-electron chi connectivity index (χ1n) is 12.4. The molecule has 0 N–H and O–H groups in total. The Morgan fingerprint density at radius 2 is 1.41 bits per heavy atom. The molecule has 7 rings (SSSR count). The van der Waals surface area contributed by atoms with Crippen LogP contribution in [-0.4, -0.2) is 85.2 Å². The Bertz CT molecular complexity index is 605. The average Bonchev–Trinajstić information content (AvgIpc) is 2.67. The molecule has 0 aromatic rings. The van der Waals surface area contributed by atoms with Crippen molar-refractivity contribution in [3.63, 3.8) is 0 Å². The van der Waals surface area contributed by atoms with Gasteiger partial charge in [-0.1, -0.05) is 0 Å². The molecule has 0 aromatic carbocycles. The van der Waals surface area contributed by atoms with Gasteiger partial charge in [0.05, 0.1) is 17.1 Å².